The standard InChI is InChI=1S/C17H26ClFO/c1-3-4-5-6-7-8-9-10-15(18)14-11-12-17(20-2)16(19)13-14/h11-13,15H,3-10H2,1-2H3. The average Bonchev–Trinajstić information content (AvgIpc) is 2.46. The number of alkyl halides is 1. The Bertz CT molecular complexity index is 381. The number of ether oxygens (including phenoxy) is 1. The van der Waals surface area contributed by atoms with Crippen molar-refractivity contribution in [3.8, 4) is 5.75 Å². The fourth-order valence-electron chi connectivity index (χ4n) is 2.32. The summed E-state index contributed by atoms with van der Waals surface area (Å²) in [6, 6.07) is 4.98. The number of unbranched alkanes of at least 4 members (excludes halogenated alkanes) is 6. The highest BCUT2D eigenvalue weighted by Crippen LogP contribution is 2.29. The van der Waals surface area contributed by atoms with Crippen LogP contribution in [0.25, 0.3) is 0 Å². The first-order chi connectivity index (χ1) is 9.69. The zero-order chi connectivity index (χ0) is 14.8. The first-order valence-corrected chi connectivity index (χ1v) is 8.10. The third-order valence-electron chi connectivity index (χ3n) is 3.60. The molecule has 0 spiro atoms. The Hall–Kier alpha value is -0.760. The van der Waals surface area contributed by atoms with Gasteiger partial charge in [-0.3, -0.25) is 0 Å². The Labute approximate surface area is 127 Å². The normalized spacial score (nSPS) is 12.4. The molecule has 1 atom stereocenters. The van der Waals surface area contributed by atoms with E-state index in [4.69, 9.17) is 16.3 Å². The van der Waals surface area contributed by atoms with E-state index in [9.17, 15) is 4.39 Å². The molecule has 20 heavy (non-hydrogen) atoms. The van der Waals surface area contributed by atoms with Gasteiger partial charge in [0.25, 0.3) is 0 Å². The molecule has 1 nitrogen and oxygen atoms in total. The first-order valence-electron chi connectivity index (χ1n) is 7.66. The average molecular weight is 301 g/mol. The highest BCUT2D eigenvalue weighted by molar-refractivity contribution is 6.20. The van der Waals surface area contributed by atoms with E-state index in [1.807, 2.05) is 6.07 Å². The molecule has 0 aliphatic carbocycles. The maximum Gasteiger partial charge on any atom is 0.165 e. The van der Waals surface area contributed by atoms with Crippen LogP contribution in [0.15, 0.2) is 18.2 Å². The Balaban J connectivity index is 2.25. The highest BCUT2D eigenvalue weighted by Gasteiger charge is 2.11. The molecule has 1 unspecified atom stereocenters. The molecule has 0 amide bonds. The van der Waals surface area contributed by atoms with Crippen LogP contribution in [0.2, 0.25) is 0 Å². The van der Waals surface area contributed by atoms with Crippen LogP contribution < -0.4 is 4.74 Å². The van der Waals surface area contributed by atoms with Crippen LogP contribution in [0.4, 0.5) is 4.39 Å². The molecule has 0 bridgehead atoms. The van der Waals surface area contributed by atoms with E-state index in [1.165, 1.54) is 51.7 Å². The summed E-state index contributed by atoms with van der Waals surface area (Å²) in [6.45, 7) is 2.23. The zero-order valence-electron chi connectivity index (χ0n) is 12.6. The molecule has 114 valence electrons. The van der Waals surface area contributed by atoms with Gasteiger partial charge in [0.1, 0.15) is 0 Å². The van der Waals surface area contributed by atoms with Crippen molar-refractivity contribution in [3.63, 3.8) is 0 Å². The molecule has 1 aromatic carbocycles. The van der Waals surface area contributed by atoms with Crippen molar-refractivity contribution >= 4 is 11.6 Å². The maximum atomic E-state index is 13.6. The molecule has 3 heteroatoms. The summed E-state index contributed by atoms with van der Waals surface area (Å²) in [5.41, 5.74) is 0.843. The summed E-state index contributed by atoms with van der Waals surface area (Å²) in [7, 11) is 1.47. The van der Waals surface area contributed by atoms with Gasteiger partial charge in [-0.25, -0.2) is 4.39 Å². The predicted molar refractivity (Wildman–Crippen MR) is 84.2 cm³/mol. The van der Waals surface area contributed by atoms with E-state index in [-0.39, 0.29) is 16.9 Å². The van der Waals surface area contributed by atoms with Gasteiger partial charge in [-0.05, 0) is 24.1 Å². The number of halogens is 2. The number of rotatable bonds is 10. The summed E-state index contributed by atoms with van der Waals surface area (Å²) in [6.07, 6.45) is 9.78. The van der Waals surface area contributed by atoms with Gasteiger partial charge in [0, 0.05) is 0 Å². The summed E-state index contributed by atoms with van der Waals surface area (Å²) < 4.78 is 18.5. The summed E-state index contributed by atoms with van der Waals surface area (Å²) in [5, 5.41) is -0.106. The van der Waals surface area contributed by atoms with Crippen molar-refractivity contribution in [1.29, 1.82) is 0 Å². The topological polar surface area (TPSA) is 9.23 Å². The SMILES string of the molecule is CCCCCCCCCC(Cl)c1ccc(OC)c(F)c1. The lowest BCUT2D eigenvalue weighted by atomic mass is 10.0. The number of benzene rings is 1. The van der Waals surface area contributed by atoms with E-state index in [0.717, 1.165) is 18.4 Å². The fraction of sp³-hybridized carbons (Fsp3) is 0.647. The Morgan fingerprint density at radius 3 is 2.35 bits per heavy atom. The van der Waals surface area contributed by atoms with Crippen LogP contribution >= 0.6 is 11.6 Å². The molecule has 0 aliphatic heterocycles. The zero-order valence-corrected chi connectivity index (χ0v) is 13.4. The van der Waals surface area contributed by atoms with Crippen molar-refractivity contribution in [3.05, 3.63) is 29.6 Å². The van der Waals surface area contributed by atoms with E-state index < -0.39 is 0 Å². The molecule has 1 rings (SSSR count). The summed E-state index contributed by atoms with van der Waals surface area (Å²) >= 11 is 6.33. The van der Waals surface area contributed by atoms with E-state index >= 15 is 0 Å². The van der Waals surface area contributed by atoms with Crippen LogP contribution in [0, 0.1) is 5.82 Å². The molecule has 0 saturated heterocycles. The molecule has 1 aromatic rings. The minimum Gasteiger partial charge on any atom is -0.494 e. The second kappa shape index (κ2) is 10.0. The second-order valence-electron chi connectivity index (χ2n) is 5.27. The van der Waals surface area contributed by atoms with Crippen molar-refractivity contribution in [2.45, 2.75) is 63.7 Å². The molecule has 0 aliphatic rings. The third kappa shape index (κ3) is 6.13. The van der Waals surface area contributed by atoms with E-state index in [2.05, 4.69) is 6.92 Å². The minimum atomic E-state index is -0.338. The van der Waals surface area contributed by atoms with Crippen LogP contribution in [-0.2, 0) is 0 Å². The van der Waals surface area contributed by atoms with Gasteiger partial charge in [-0.2, -0.15) is 0 Å². The highest BCUT2D eigenvalue weighted by atomic mass is 35.5. The second-order valence-corrected chi connectivity index (χ2v) is 5.80. The van der Waals surface area contributed by atoms with Gasteiger partial charge in [0.15, 0.2) is 11.6 Å². The lowest BCUT2D eigenvalue weighted by Gasteiger charge is -2.11. The summed E-state index contributed by atoms with van der Waals surface area (Å²) in [5.74, 6) is -0.0660. The molecular weight excluding hydrogens is 275 g/mol. The Morgan fingerprint density at radius 2 is 1.75 bits per heavy atom. The van der Waals surface area contributed by atoms with Gasteiger partial charge in [-0.1, -0.05) is 57.9 Å². The van der Waals surface area contributed by atoms with Gasteiger partial charge >= 0.3 is 0 Å². The van der Waals surface area contributed by atoms with Crippen LogP contribution in [0.1, 0.15) is 69.2 Å². The van der Waals surface area contributed by atoms with Crippen molar-refractivity contribution in [2.24, 2.45) is 0 Å². The van der Waals surface area contributed by atoms with E-state index in [0.29, 0.717) is 0 Å². The quantitative estimate of drug-likeness (QED) is 0.366. The molecule has 0 radical (unpaired) electrons. The van der Waals surface area contributed by atoms with Crippen molar-refractivity contribution < 1.29 is 9.13 Å². The monoisotopic (exact) mass is 300 g/mol. The fourth-order valence-corrected chi connectivity index (χ4v) is 2.61. The van der Waals surface area contributed by atoms with Crippen LogP contribution in [0.5, 0.6) is 5.75 Å². The minimum absolute atomic E-state index is 0.106. The van der Waals surface area contributed by atoms with E-state index in [1.54, 1.807) is 6.07 Å². The largest absolute Gasteiger partial charge is 0.494 e. The first kappa shape index (κ1) is 17.3. The molecule has 0 saturated carbocycles. The van der Waals surface area contributed by atoms with Crippen LogP contribution in [0.3, 0.4) is 0 Å². The number of hydrogen-bond acceptors (Lipinski definition) is 1. The lowest BCUT2D eigenvalue weighted by Crippen LogP contribution is -1.94. The molecular formula is C17H26ClFO. The Kier molecular flexibility index (Phi) is 8.68. The molecule has 0 N–H and O–H groups in total. The van der Waals surface area contributed by atoms with Crippen molar-refractivity contribution in [1.82, 2.24) is 0 Å². The van der Waals surface area contributed by atoms with Gasteiger partial charge in [0.2, 0.25) is 0 Å². The lowest BCUT2D eigenvalue weighted by molar-refractivity contribution is 0.386. The Morgan fingerprint density at radius 1 is 1.10 bits per heavy atom. The smallest absolute Gasteiger partial charge is 0.165 e. The predicted octanol–water partition coefficient (Wildman–Crippen LogP) is 6.25. The van der Waals surface area contributed by atoms with Gasteiger partial charge < -0.3 is 4.74 Å². The third-order valence-corrected chi connectivity index (χ3v) is 4.07. The molecule has 0 aromatic heterocycles. The number of hydrogen-bond donors (Lipinski definition) is 0. The van der Waals surface area contributed by atoms with Gasteiger partial charge in [-0.15, -0.1) is 11.6 Å². The van der Waals surface area contributed by atoms with Gasteiger partial charge in [0.05, 0.1) is 12.5 Å². The van der Waals surface area contributed by atoms with Crippen LogP contribution in [-0.4, -0.2) is 7.11 Å². The number of methoxy groups -OCH3 is 1. The molecule has 0 heterocycles. The summed E-state index contributed by atoms with van der Waals surface area (Å²) in [4.78, 5) is 0. The van der Waals surface area contributed by atoms with Crippen molar-refractivity contribution in [2.75, 3.05) is 7.11 Å². The maximum absolute atomic E-state index is 13.6. The molecule has 0 fully saturated rings.